The van der Waals surface area contributed by atoms with Crippen molar-refractivity contribution >= 4 is 21.9 Å². The van der Waals surface area contributed by atoms with Crippen LogP contribution in [-0.4, -0.2) is 12.6 Å². The molecule has 0 heterocycles. The van der Waals surface area contributed by atoms with Crippen molar-refractivity contribution in [1.29, 1.82) is 0 Å². The Balaban J connectivity index is 1.89. The maximum Gasteiger partial charge on any atom is 0.343 e. The first-order valence-corrected chi connectivity index (χ1v) is 10.0. The summed E-state index contributed by atoms with van der Waals surface area (Å²) in [6.45, 7) is 6.78. The quantitative estimate of drug-likeness (QED) is 0.260. The van der Waals surface area contributed by atoms with E-state index in [9.17, 15) is 4.79 Å². The van der Waals surface area contributed by atoms with E-state index in [0.29, 0.717) is 17.9 Å². The van der Waals surface area contributed by atoms with E-state index in [1.807, 2.05) is 38.1 Å². The molecule has 0 saturated heterocycles. The summed E-state index contributed by atoms with van der Waals surface area (Å²) < 4.78 is 12.3. The molecule has 0 aromatic heterocycles. The highest BCUT2D eigenvalue weighted by molar-refractivity contribution is 9.10. The summed E-state index contributed by atoms with van der Waals surface area (Å²) >= 11 is 3.45. The molecule has 0 amide bonds. The number of hydrogen-bond donors (Lipinski definition) is 0. The average Bonchev–Trinajstić information content (AvgIpc) is 2.61. The Labute approximate surface area is 164 Å². The lowest BCUT2D eigenvalue weighted by Gasteiger charge is -2.11. The third kappa shape index (κ3) is 6.17. The van der Waals surface area contributed by atoms with E-state index in [2.05, 4.69) is 22.9 Å². The van der Waals surface area contributed by atoms with Crippen LogP contribution in [0, 0.1) is 13.8 Å². The van der Waals surface area contributed by atoms with Gasteiger partial charge < -0.3 is 9.47 Å². The van der Waals surface area contributed by atoms with Crippen molar-refractivity contribution < 1.29 is 14.3 Å². The van der Waals surface area contributed by atoms with Crippen LogP contribution in [0.15, 0.2) is 40.9 Å². The summed E-state index contributed by atoms with van der Waals surface area (Å²) in [7, 11) is 0. The SMILES string of the molecule is CCCCCCCOc1ccc(C(=O)Oc2c(C)cc(Br)cc2C)cc1. The molecule has 0 spiro atoms. The van der Waals surface area contributed by atoms with Gasteiger partial charge in [0.05, 0.1) is 12.2 Å². The number of benzene rings is 2. The van der Waals surface area contributed by atoms with Gasteiger partial charge in [0.25, 0.3) is 0 Å². The van der Waals surface area contributed by atoms with Crippen LogP contribution < -0.4 is 9.47 Å². The Morgan fingerprint density at radius 1 is 0.962 bits per heavy atom. The molecule has 0 aliphatic heterocycles. The van der Waals surface area contributed by atoms with Gasteiger partial charge in [0.15, 0.2) is 0 Å². The molecule has 3 nitrogen and oxygen atoms in total. The first-order chi connectivity index (χ1) is 12.5. The maximum atomic E-state index is 12.4. The molecule has 2 aromatic carbocycles. The second kappa shape index (κ2) is 10.4. The van der Waals surface area contributed by atoms with Gasteiger partial charge in [-0.05, 0) is 67.8 Å². The van der Waals surface area contributed by atoms with E-state index in [1.165, 1.54) is 25.7 Å². The van der Waals surface area contributed by atoms with Crippen molar-refractivity contribution in [2.24, 2.45) is 0 Å². The highest BCUT2D eigenvalue weighted by atomic mass is 79.9. The summed E-state index contributed by atoms with van der Waals surface area (Å²) in [6, 6.07) is 11.0. The van der Waals surface area contributed by atoms with E-state index in [-0.39, 0.29) is 5.97 Å². The predicted molar refractivity (Wildman–Crippen MR) is 109 cm³/mol. The van der Waals surface area contributed by atoms with Gasteiger partial charge in [0, 0.05) is 4.47 Å². The molecule has 0 N–H and O–H groups in total. The van der Waals surface area contributed by atoms with Crippen LogP contribution in [-0.2, 0) is 0 Å². The van der Waals surface area contributed by atoms with Crippen molar-refractivity contribution in [3.05, 3.63) is 57.6 Å². The van der Waals surface area contributed by atoms with Crippen LogP contribution in [0.4, 0.5) is 0 Å². The van der Waals surface area contributed by atoms with Crippen molar-refractivity contribution in [1.82, 2.24) is 0 Å². The Morgan fingerprint density at radius 3 is 2.19 bits per heavy atom. The Bertz CT molecular complexity index is 700. The van der Waals surface area contributed by atoms with Gasteiger partial charge >= 0.3 is 5.97 Å². The van der Waals surface area contributed by atoms with Crippen LogP contribution in [0.5, 0.6) is 11.5 Å². The second-order valence-electron chi connectivity index (χ2n) is 6.55. The van der Waals surface area contributed by atoms with Gasteiger partial charge in [-0.2, -0.15) is 0 Å². The molecule has 0 saturated carbocycles. The zero-order valence-corrected chi connectivity index (χ0v) is 17.4. The molecule has 2 rings (SSSR count). The van der Waals surface area contributed by atoms with E-state index < -0.39 is 0 Å². The van der Waals surface area contributed by atoms with Crippen LogP contribution in [0.1, 0.15) is 60.5 Å². The number of esters is 1. The van der Waals surface area contributed by atoms with E-state index in [0.717, 1.165) is 27.8 Å². The van der Waals surface area contributed by atoms with Gasteiger partial charge in [-0.3, -0.25) is 0 Å². The van der Waals surface area contributed by atoms with Crippen molar-refractivity contribution in [2.75, 3.05) is 6.61 Å². The number of rotatable bonds is 9. The van der Waals surface area contributed by atoms with Crippen molar-refractivity contribution in [3.8, 4) is 11.5 Å². The molecule has 0 unspecified atom stereocenters. The topological polar surface area (TPSA) is 35.5 Å². The highest BCUT2D eigenvalue weighted by Gasteiger charge is 2.13. The number of aryl methyl sites for hydroxylation is 2. The standard InChI is InChI=1S/C22H27BrO3/c1-4-5-6-7-8-13-25-20-11-9-18(10-12-20)22(24)26-21-16(2)14-19(23)15-17(21)3/h9-12,14-15H,4-8,13H2,1-3H3. The summed E-state index contributed by atoms with van der Waals surface area (Å²) in [5.41, 5.74) is 2.36. The van der Waals surface area contributed by atoms with Crippen LogP contribution in [0.25, 0.3) is 0 Å². The molecule has 4 heteroatoms. The molecular weight excluding hydrogens is 392 g/mol. The minimum Gasteiger partial charge on any atom is -0.494 e. The van der Waals surface area contributed by atoms with Crippen LogP contribution in [0.2, 0.25) is 0 Å². The Hall–Kier alpha value is -1.81. The molecule has 2 aromatic rings. The Kier molecular flexibility index (Phi) is 8.17. The number of ether oxygens (including phenoxy) is 2. The van der Waals surface area contributed by atoms with Crippen molar-refractivity contribution in [2.45, 2.75) is 52.9 Å². The average molecular weight is 419 g/mol. The van der Waals surface area contributed by atoms with Crippen molar-refractivity contribution in [3.63, 3.8) is 0 Å². The molecule has 0 atom stereocenters. The van der Waals surface area contributed by atoms with E-state index >= 15 is 0 Å². The fourth-order valence-electron chi connectivity index (χ4n) is 2.79. The number of hydrogen-bond acceptors (Lipinski definition) is 3. The zero-order valence-electron chi connectivity index (χ0n) is 15.8. The second-order valence-corrected chi connectivity index (χ2v) is 7.46. The smallest absolute Gasteiger partial charge is 0.343 e. The zero-order chi connectivity index (χ0) is 18.9. The van der Waals surface area contributed by atoms with E-state index in [4.69, 9.17) is 9.47 Å². The maximum absolute atomic E-state index is 12.4. The van der Waals surface area contributed by atoms with Crippen LogP contribution >= 0.6 is 15.9 Å². The molecule has 0 radical (unpaired) electrons. The summed E-state index contributed by atoms with van der Waals surface area (Å²) in [4.78, 5) is 12.4. The fraction of sp³-hybridized carbons (Fsp3) is 0.409. The third-order valence-corrected chi connectivity index (χ3v) is 4.68. The van der Waals surface area contributed by atoms with Gasteiger partial charge in [-0.15, -0.1) is 0 Å². The fourth-order valence-corrected chi connectivity index (χ4v) is 3.48. The molecule has 0 fully saturated rings. The molecule has 140 valence electrons. The molecule has 0 aliphatic carbocycles. The first-order valence-electron chi connectivity index (χ1n) is 9.23. The largest absolute Gasteiger partial charge is 0.494 e. The first kappa shape index (κ1) is 20.5. The lowest BCUT2D eigenvalue weighted by Crippen LogP contribution is -2.10. The molecule has 0 aliphatic rings. The third-order valence-electron chi connectivity index (χ3n) is 4.23. The minimum absolute atomic E-state index is 0.357. The van der Waals surface area contributed by atoms with Gasteiger partial charge in [0.1, 0.15) is 11.5 Å². The summed E-state index contributed by atoms with van der Waals surface area (Å²) in [5, 5.41) is 0. The molecule has 0 bridgehead atoms. The van der Waals surface area contributed by atoms with Gasteiger partial charge in [-0.25, -0.2) is 4.79 Å². The number of carbonyl (C=O) groups excluding carboxylic acids is 1. The number of carbonyl (C=O) groups is 1. The summed E-state index contributed by atoms with van der Waals surface area (Å²) in [6.07, 6.45) is 6.06. The number of unbranched alkanes of at least 4 members (excludes halogenated alkanes) is 4. The Morgan fingerprint density at radius 2 is 1.58 bits per heavy atom. The summed E-state index contributed by atoms with van der Waals surface area (Å²) in [5.74, 6) is 1.04. The van der Waals surface area contributed by atoms with Gasteiger partial charge in [0.2, 0.25) is 0 Å². The minimum atomic E-state index is -0.357. The monoisotopic (exact) mass is 418 g/mol. The lowest BCUT2D eigenvalue weighted by atomic mass is 10.1. The number of halogens is 1. The van der Waals surface area contributed by atoms with Crippen LogP contribution in [0.3, 0.4) is 0 Å². The lowest BCUT2D eigenvalue weighted by molar-refractivity contribution is 0.0732. The van der Waals surface area contributed by atoms with Gasteiger partial charge in [-0.1, -0.05) is 48.5 Å². The molecule has 26 heavy (non-hydrogen) atoms. The highest BCUT2D eigenvalue weighted by Crippen LogP contribution is 2.28. The van der Waals surface area contributed by atoms with E-state index in [1.54, 1.807) is 12.1 Å². The predicted octanol–water partition coefficient (Wildman–Crippen LogP) is 6.63. The normalized spacial score (nSPS) is 10.6. The molecular formula is C22H27BrO3.